The maximum atomic E-state index is 13.4. The fourth-order valence-electron chi connectivity index (χ4n) is 3.95. The van der Waals surface area contributed by atoms with Gasteiger partial charge in [0.1, 0.15) is 17.2 Å². The van der Waals surface area contributed by atoms with Crippen molar-refractivity contribution in [1.29, 1.82) is 0 Å². The summed E-state index contributed by atoms with van der Waals surface area (Å²) in [4.78, 5) is 50.8. The molecule has 0 spiro atoms. The molecule has 0 aromatic heterocycles. The minimum Gasteiger partial charge on any atom is -0.497 e. The van der Waals surface area contributed by atoms with Crippen molar-refractivity contribution in [2.45, 2.75) is 4.90 Å². The average Bonchev–Trinajstić information content (AvgIpc) is 3.04. The summed E-state index contributed by atoms with van der Waals surface area (Å²) in [7, 11) is 3.03. The highest BCUT2D eigenvalue weighted by Crippen LogP contribution is 2.27. The number of hydrogen-bond donors (Lipinski definition) is 4. The number of nitrogens with one attached hydrogen (secondary N) is 3. The second kappa shape index (κ2) is 15.1. The molecule has 4 aromatic carbocycles. The fourth-order valence-corrected chi connectivity index (χ4v) is 4.65. The Morgan fingerprint density at radius 3 is 2.07 bits per heavy atom. The molecule has 0 saturated heterocycles. The van der Waals surface area contributed by atoms with E-state index in [0.29, 0.717) is 39.6 Å². The number of nitrogens with two attached hydrogens (primary N) is 1. The molecule has 0 atom stereocenters. The summed E-state index contributed by atoms with van der Waals surface area (Å²) in [5.74, 6) is -0.601. The number of methoxy groups -OCH3 is 2. The van der Waals surface area contributed by atoms with E-state index in [-0.39, 0.29) is 17.4 Å². The van der Waals surface area contributed by atoms with E-state index < -0.39 is 17.7 Å². The summed E-state index contributed by atoms with van der Waals surface area (Å²) >= 11 is 1.31. The lowest BCUT2D eigenvalue weighted by Crippen LogP contribution is -2.30. The molecule has 224 valence electrons. The predicted molar refractivity (Wildman–Crippen MR) is 171 cm³/mol. The van der Waals surface area contributed by atoms with Crippen LogP contribution in [0.15, 0.2) is 108 Å². The molecule has 4 aromatic rings. The Kier molecular flexibility index (Phi) is 10.8. The maximum Gasteiger partial charge on any atom is 0.272 e. The molecule has 0 aliphatic heterocycles. The van der Waals surface area contributed by atoms with Crippen LogP contribution in [0.2, 0.25) is 0 Å². The number of primary amides is 1. The van der Waals surface area contributed by atoms with E-state index >= 15 is 0 Å². The van der Waals surface area contributed by atoms with Crippen LogP contribution in [-0.4, -0.2) is 43.6 Å². The molecule has 44 heavy (non-hydrogen) atoms. The number of carbonyl (C=O) groups excluding carboxylic acids is 4. The number of carbonyl (C=O) groups is 4. The van der Waals surface area contributed by atoms with Gasteiger partial charge in [0.25, 0.3) is 11.8 Å². The fraction of sp³-hybridized carbons (Fsp3) is 0.0909. The topological polar surface area (TPSA) is 149 Å². The van der Waals surface area contributed by atoms with Crippen LogP contribution in [0.4, 0.5) is 11.4 Å². The van der Waals surface area contributed by atoms with E-state index in [1.807, 2.05) is 0 Å². The first-order chi connectivity index (χ1) is 21.2. The molecule has 5 N–H and O–H groups in total. The lowest BCUT2D eigenvalue weighted by Gasteiger charge is -2.13. The van der Waals surface area contributed by atoms with Crippen molar-refractivity contribution in [1.82, 2.24) is 5.32 Å². The molecule has 0 unspecified atom stereocenters. The van der Waals surface area contributed by atoms with Crippen LogP contribution in [0.25, 0.3) is 6.08 Å². The van der Waals surface area contributed by atoms with Crippen LogP contribution in [0.1, 0.15) is 26.3 Å². The monoisotopic (exact) mass is 610 g/mol. The van der Waals surface area contributed by atoms with E-state index in [1.165, 1.54) is 32.1 Å². The van der Waals surface area contributed by atoms with Crippen LogP contribution in [0.3, 0.4) is 0 Å². The second-order valence-electron chi connectivity index (χ2n) is 9.24. The predicted octanol–water partition coefficient (Wildman–Crippen LogP) is 4.94. The molecular formula is C33H30N4O6S. The third-order valence-corrected chi connectivity index (χ3v) is 7.21. The Bertz CT molecular complexity index is 1670. The van der Waals surface area contributed by atoms with E-state index in [2.05, 4.69) is 16.0 Å². The lowest BCUT2D eigenvalue weighted by molar-refractivity contribution is -0.114. The highest BCUT2D eigenvalue weighted by Gasteiger charge is 2.17. The SMILES string of the molecule is COc1ccc(OC)c(/C=C(\NC(=O)c2ccccc2)C(=O)Nc2ccc(SCC(=O)Nc3ccc(C(N)=O)cc3)cc2)c1. The molecule has 4 amide bonds. The number of thioether (sulfide) groups is 1. The zero-order chi connectivity index (χ0) is 31.5. The zero-order valence-corrected chi connectivity index (χ0v) is 24.8. The Morgan fingerprint density at radius 2 is 1.43 bits per heavy atom. The molecule has 10 nitrogen and oxygen atoms in total. The van der Waals surface area contributed by atoms with Crippen molar-refractivity contribution in [3.05, 3.63) is 119 Å². The van der Waals surface area contributed by atoms with E-state index in [1.54, 1.807) is 97.1 Å². The van der Waals surface area contributed by atoms with Gasteiger partial charge in [-0.3, -0.25) is 19.2 Å². The largest absolute Gasteiger partial charge is 0.497 e. The Hall–Kier alpha value is -5.55. The number of rotatable bonds is 12. The van der Waals surface area contributed by atoms with Crippen molar-refractivity contribution in [2.75, 3.05) is 30.6 Å². The van der Waals surface area contributed by atoms with E-state index in [4.69, 9.17) is 15.2 Å². The van der Waals surface area contributed by atoms with Crippen molar-refractivity contribution in [2.24, 2.45) is 5.73 Å². The molecule has 0 heterocycles. The van der Waals surface area contributed by atoms with Crippen LogP contribution in [0, 0.1) is 0 Å². The van der Waals surface area contributed by atoms with Gasteiger partial charge >= 0.3 is 0 Å². The summed E-state index contributed by atoms with van der Waals surface area (Å²) in [6, 6.07) is 26.9. The van der Waals surface area contributed by atoms with Gasteiger partial charge in [0, 0.05) is 33.0 Å². The average molecular weight is 611 g/mol. The summed E-state index contributed by atoms with van der Waals surface area (Å²) in [5, 5.41) is 8.28. The van der Waals surface area contributed by atoms with Gasteiger partial charge in [-0.25, -0.2) is 0 Å². The normalized spacial score (nSPS) is 10.8. The molecule has 0 radical (unpaired) electrons. The summed E-state index contributed by atoms with van der Waals surface area (Å²) in [5.41, 5.74) is 7.53. The first kappa shape index (κ1) is 31.4. The Labute approximate surface area is 258 Å². The Morgan fingerprint density at radius 1 is 0.773 bits per heavy atom. The third kappa shape index (κ3) is 8.73. The quantitative estimate of drug-likeness (QED) is 0.131. The van der Waals surface area contributed by atoms with Gasteiger partial charge in [0.05, 0.1) is 20.0 Å². The molecule has 0 fully saturated rings. The van der Waals surface area contributed by atoms with E-state index in [9.17, 15) is 19.2 Å². The third-order valence-electron chi connectivity index (χ3n) is 6.20. The van der Waals surface area contributed by atoms with Crippen molar-refractivity contribution < 1.29 is 28.7 Å². The Balaban J connectivity index is 1.44. The van der Waals surface area contributed by atoms with Crippen LogP contribution in [-0.2, 0) is 9.59 Å². The van der Waals surface area contributed by atoms with Gasteiger partial charge in [0.15, 0.2) is 0 Å². The van der Waals surface area contributed by atoms with Gasteiger partial charge in [0.2, 0.25) is 11.8 Å². The minimum atomic E-state index is -0.554. The highest BCUT2D eigenvalue weighted by molar-refractivity contribution is 8.00. The number of anilines is 2. The highest BCUT2D eigenvalue weighted by atomic mass is 32.2. The van der Waals surface area contributed by atoms with Gasteiger partial charge in [-0.15, -0.1) is 11.8 Å². The van der Waals surface area contributed by atoms with Gasteiger partial charge in [-0.2, -0.15) is 0 Å². The molecule has 4 rings (SSSR count). The molecule has 0 saturated carbocycles. The smallest absolute Gasteiger partial charge is 0.272 e. The van der Waals surface area contributed by atoms with Crippen molar-refractivity contribution in [3.8, 4) is 11.5 Å². The zero-order valence-electron chi connectivity index (χ0n) is 24.0. The summed E-state index contributed by atoms with van der Waals surface area (Å²) in [6.45, 7) is 0. The summed E-state index contributed by atoms with van der Waals surface area (Å²) < 4.78 is 10.8. The van der Waals surface area contributed by atoms with Gasteiger partial charge < -0.3 is 31.2 Å². The maximum absolute atomic E-state index is 13.4. The number of amides is 4. The van der Waals surface area contributed by atoms with Crippen LogP contribution in [0.5, 0.6) is 11.5 Å². The molecular weight excluding hydrogens is 580 g/mol. The van der Waals surface area contributed by atoms with Crippen LogP contribution >= 0.6 is 11.8 Å². The lowest BCUT2D eigenvalue weighted by atomic mass is 10.1. The second-order valence-corrected chi connectivity index (χ2v) is 10.3. The molecule has 0 aliphatic rings. The van der Waals surface area contributed by atoms with Crippen molar-refractivity contribution >= 4 is 52.8 Å². The van der Waals surface area contributed by atoms with Gasteiger partial charge in [-0.1, -0.05) is 18.2 Å². The molecule has 11 heteroatoms. The molecule has 0 aliphatic carbocycles. The van der Waals surface area contributed by atoms with Crippen molar-refractivity contribution in [3.63, 3.8) is 0 Å². The van der Waals surface area contributed by atoms with Crippen LogP contribution < -0.4 is 31.2 Å². The standard InChI is InChI=1S/C33H30N4O6S/c1-42-26-14-17-29(43-2)23(18-26)19-28(37-32(40)22-6-4-3-5-7-22)33(41)36-25-12-15-27(16-13-25)44-20-30(38)35-24-10-8-21(9-11-24)31(34)39/h3-19H,20H2,1-2H3,(H2,34,39)(H,35,38)(H,36,41)(H,37,40)/b28-19-. The number of hydrogen-bond acceptors (Lipinski definition) is 7. The van der Waals surface area contributed by atoms with Gasteiger partial charge in [-0.05, 0) is 84.9 Å². The first-order valence-electron chi connectivity index (χ1n) is 13.3. The number of ether oxygens (including phenoxy) is 2. The number of benzene rings is 4. The summed E-state index contributed by atoms with van der Waals surface area (Å²) in [6.07, 6.45) is 1.52. The molecule has 0 bridgehead atoms. The minimum absolute atomic E-state index is 0.00982. The first-order valence-corrected chi connectivity index (χ1v) is 14.3. The van der Waals surface area contributed by atoms with E-state index in [0.717, 1.165) is 4.90 Å².